The molecule has 1 aliphatic heterocycles. The predicted octanol–water partition coefficient (Wildman–Crippen LogP) is 3.67. The smallest absolute Gasteiger partial charge is 0.259 e. The summed E-state index contributed by atoms with van der Waals surface area (Å²) in [6.45, 7) is 6.79. The molecule has 8 nitrogen and oxygen atoms in total. The minimum Gasteiger partial charge on any atom is -0.461 e. The largest absolute Gasteiger partial charge is 0.461 e. The number of rotatable bonds is 4. The zero-order valence-electron chi connectivity index (χ0n) is 18.7. The molecule has 1 aromatic carbocycles. The van der Waals surface area contributed by atoms with Gasteiger partial charge in [0.05, 0.1) is 11.3 Å². The Bertz CT molecular complexity index is 1100. The van der Waals surface area contributed by atoms with E-state index in [0.717, 1.165) is 22.6 Å². The van der Waals surface area contributed by atoms with Crippen molar-refractivity contribution in [1.29, 1.82) is 0 Å². The van der Waals surface area contributed by atoms with Crippen LogP contribution in [-0.2, 0) is 0 Å². The molecular weight excluding hydrogens is 406 g/mol. The van der Waals surface area contributed by atoms with Crippen molar-refractivity contribution in [3.05, 3.63) is 59.6 Å². The number of fused-ring (bicyclic) bond motifs is 1. The highest BCUT2D eigenvalue weighted by Crippen LogP contribution is 2.24. The highest BCUT2D eigenvalue weighted by atomic mass is 16.3. The van der Waals surface area contributed by atoms with Gasteiger partial charge in [-0.2, -0.15) is 0 Å². The molecule has 3 heterocycles. The molecule has 3 aromatic rings. The minimum absolute atomic E-state index is 0.0426. The fourth-order valence-corrected chi connectivity index (χ4v) is 3.56. The van der Waals surface area contributed by atoms with Crippen LogP contribution in [0.3, 0.4) is 0 Å². The third-order valence-electron chi connectivity index (χ3n) is 5.35. The monoisotopic (exact) mass is 435 g/mol. The van der Waals surface area contributed by atoms with Crippen LogP contribution >= 0.6 is 0 Å². The van der Waals surface area contributed by atoms with Gasteiger partial charge in [-0.15, -0.1) is 0 Å². The summed E-state index contributed by atoms with van der Waals surface area (Å²) in [4.78, 5) is 33.0. The molecule has 1 fully saturated rings. The van der Waals surface area contributed by atoms with E-state index in [0.29, 0.717) is 12.0 Å². The summed E-state index contributed by atoms with van der Waals surface area (Å²) >= 11 is 0. The molecule has 0 spiro atoms. The molecule has 32 heavy (non-hydrogen) atoms. The first-order valence-corrected chi connectivity index (χ1v) is 10.6. The van der Waals surface area contributed by atoms with Crippen molar-refractivity contribution in [2.45, 2.75) is 26.7 Å². The number of guanidine groups is 1. The van der Waals surface area contributed by atoms with Gasteiger partial charge < -0.3 is 15.1 Å². The minimum atomic E-state index is -0.457. The van der Waals surface area contributed by atoms with E-state index in [1.165, 1.54) is 44.3 Å². The lowest BCUT2D eigenvalue weighted by atomic mass is 10.1. The summed E-state index contributed by atoms with van der Waals surface area (Å²) in [5.41, 5.74) is 7.64. The van der Waals surface area contributed by atoms with Gasteiger partial charge in [-0.1, -0.05) is 13.3 Å². The maximum Gasteiger partial charge on any atom is 0.259 e. The summed E-state index contributed by atoms with van der Waals surface area (Å²) in [5.74, 6) is 1.30. The van der Waals surface area contributed by atoms with Crippen LogP contribution in [0.4, 0.5) is 5.69 Å². The van der Waals surface area contributed by atoms with Gasteiger partial charge in [0.1, 0.15) is 17.0 Å². The highest BCUT2D eigenvalue weighted by molar-refractivity contribution is 6.05. The summed E-state index contributed by atoms with van der Waals surface area (Å²) in [6.07, 6.45) is 4.69. The number of hydrogen-bond acceptors (Lipinski definition) is 6. The average Bonchev–Trinajstić information content (AvgIpc) is 3.37. The van der Waals surface area contributed by atoms with Crippen molar-refractivity contribution in [2.24, 2.45) is 16.6 Å². The van der Waals surface area contributed by atoms with E-state index in [2.05, 4.69) is 34.2 Å². The number of aliphatic imine (C=N–C) groups is 1. The van der Waals surface area contributed by atoms with E-state index in [4.69, 9.17) is 10.2 Å². The standard InChI is InChI=1S/C17H14N4O3.C7H15N/c1-10-6-12-7-13(4-5-15(12)24-10)20-17(18)21-16(23)11-2-3-14(9-22)19-8-11;1-3-7-4-5-8(2)6-7/h2-9H,1H3,(H3,18,20,21,23);7H,3-6H2,1-2H3/t;7-/m.1/s1. The van der Waals surface area contributed by atoms with Crippen LogP contribution < -0.4 is 11.1 Å². The number of aromatic nitrogens is 1. The van der Waals surface area contributed by atoms with Gasteiger partial charge in [-0.05, 0) is 69.3 Å². The highest BCUT2D eigenvalue weighted by Gasteiger charge is 2.16. The molecule has 0 radical (unpaired) electrons. The average molecular weight is 436 g/mol. The second-order valence-electron chi connectivity index (χ2n) is 7.95. The maximum atomic E-state index is 12.0. The van der Waals surface area contributed by atoms with Crippen LogP contribution in [0.25, 0.3) is 11.0 Å². The second-order valence-corrected chi connectivity index (χ2v) is 7.95. The van der Waals surface area contributed by atoms with Gasteiger partial charge in [0, 0.05) is 18.1 Å². The fourth-order valence-electron chi connectivity index (χ4n) is 3.56. The Morgan fingerprint density at radius 1 is 1.34 bits per heavy atom. The summed E-state index contributed by atoms with van der Waals surface area (Å²) < 4.78 is 5.49. The van der Waals surface area contributed by atoms with Crippen LogP contribution in [0.2, 0.25) is 0 Å². The number of carbonyl (C=O) groups excluding carboxylic acids is 2. The molecule has 0 unspecified atom stereocenters. The molecule has 2 aromatic heterocycles. The molecule has 0 aliphatic carbocycles. The number of likely N-dealkylation sites (tertiary alicyclic amines) is 1. The first-order chi connectivity index (χ1) is 15.4. The van der Waals surface area contributed by atoms with Crippen molar-refractivity contribution in [3.8, 4) is 0 Å². The van der Waals surface area contributed by atoms with Gasteiger partial charge in [0.2, 0.25) is 5.96 Å². The van der Waals surface area contributed by atoms with Gasteiger partial charge in [-0.25, -0.2) is 4.99 Å². The normalized spacial score (nSPS) is 16.5. The van der Waals surface area contributed by atoms with Gasteiger partial charge in [0.15, 0.2) is 6.29 Å². The maximum absolute atomic E-state index is 12.0. The van der Waals surface area contributed by atoms with Crippen LogP contribution in [-0.4, -0.2) is 48.2 Å². The van der Waals surface area contributed by atoms with Crippen molar-refractivity contribution in [2.75, 3.05) is 20.1 Å². The van der Waals surface area contributed by atoms with Crippen LogP contribution in [0, 0.1) is 12.8 Å². The number of nitrogens with two attached hydrogens (primary N) is 1. The molecule has 1 amide bonds. The number of pyridine rings is 1. The number of nitrogens with one attached hydrogen (secondary N) is 1. The zero-order chi connectivity index (χ0) is 23.1. The van der Waals surface area contributed by atoms with Crippen LogP contribution in [0.5, 0.6) is 0 Å². The number of furan rings is 1. The van der Waals surface area contributed by atoms with E-state index in [-0.39, 0.29) is 17.2 Å². The second kappa shape index (κ2) is 10.7. The topological polar surface area (TPSA) is 114 Å². The Morgan fingerprint density at radius 3 is 2.75 bits per heavy atom. The molecule has 1 saturated heterocycles. The molecule has 1 atom stereocenters. The number of benzene rings is 1. The van der Waals surface area contributed by atoms with Gasteiger partial charge >= 0.3 is 0 Å². The zero-order valence-corrected chi connectivity index (χ0v) is 18.7. The van der Waals surface area contributed by atoms with Crippen molar-refractivity contribution in [3.63, 3.8) is 0 Å². The Morgan fingerprint density at radius 2 is 2.16 bits per heavy atom. The quantitative estimate of drug-likeness (QED) is 0.367. The lowest BCUT2D eigenvalue weighted by Gasteiger charge is -2.05. The van der Waals surface area contributed by atoms with E-state index >= 15 is 0 Å². The fraction of sp³-hybridized carbons (Fsp3) is 0.333. The van der Waals surface area contributed by atoms with E-state index in [1.54, 1.807) is 12.1 Å². The number of hydrogen-bond donors (Lipinski definition) is 2. The Labute approximate surface area is 187 Å². The summed E-state index contributed by atoms with van der Waals surface area (Å²) in [6, 6.07) is 10.2. The molecule has 1 aliphatic rings. The Hall–Kier alpha value is -3.52. The molecule has 8 heteroatoms. The van der Waals surface area contributed by atoms with E-state index in [9.17, 15) is 9.59 Å². The van der Waals surface area contributed by atoms with Crippen molar-refractivity contribution in [1.82, 2.24) is 15.2 Å². The third-order valence-corrected chi connectivity index (χ3v) is 5.35. The van der Waals surface area contributed by atoms with Crippen molar-refractivity contribution >= 4 is 34.8 Å². The molecular formula is C24H29N5O3. The van der Waals surface area contributed by atoms with E-state index < -0.39 is 5.91 Å². The SMILES string of the molecule is CC[C@@H]1CCN(C)C1.Cc1cc2cc(N=C(N)NC(=O)c3ccc(C=O)nc3)ccc2o1. The number of aldehydes is 1. The lowest BCUT2D eigenvalue weighted by molar-refractivity contribution is 0.0975. The molecule has 3 N–H and O–H groups in total. The predicted molar refractivity (Wildman–Crippen MR) is 125 cm³/mol. The first-order valence-electron chi connectivity index (χ1n) is 10.6. The number of amides is 1. The van der Waals surface area contributed by atoms with Crippen LogP contribution in [0.1, 0.15) is 46.4 Å². The van der Waals surface area contributed by atoms with Gasteiger partial charge in [0.25, 0.3) is 5.91 Å². The lowest BCUT2D eigenvalue weighted by Crippen LogP contribution is -2.36. The Balaban J connectivity index is 0.000000305. The summed E-state index contributed by atoms with van der Waals surface area (Å²) in [5, 5.41) is 3.38. The summed E-state index contributed by atoms with van der Waals surface area (Å²) in [7, 11) is 2.20. The van der Waals surface area contributed by atoms with E-state index in [1.807, 2.05) is 19.1 Å². The third kappa shape index (κ3) is 6.24. The molecule has 0 saturated carbocycles. The first kappa shape index (κ1) is 23.1. The molecule has 0 bridgehead atoms. The molecule has 168 valence electrons. The number of nitrogens with zero attached hydrogens (tertiary/aromatic N) is 3. The Kier molecular flexibility index (Phi) is 7.72. The number of carbonyl (C=O) groups is 2. The van der Waals surface area contributed by atoms with Crippen LogP contribution in [0.15, 0.2) is 52.0 Å². The van der Waals surface area contributed by atoms with Gasteiger partial charge in [-0.3, -0.25) is 19.9 Å². The molecule has 4 rings (SSSR count). The number of aryl methyl sites for hydroxylation is 1. The van der Waals surface area contributed by atoms with Crippen molar-refractivity contribution < 1.29 is 14.0 Å².